The highest BCUT2D eigenvalue weighted by Gasteiger charge is 2.03. The number of isocyanates is 1. The minimum absolute atomic E-state index is 0.135. The van der Waals surface area contributed by atoms with E-state index in [2.05, 4.69) is 10.5 Å². The van der Waals surface area contributed by atoms with E-state index in [-0.39, 0.29) is 6.04 Å². The van der Waals surface area contributed by atoms with Gasteiger partial charge >= 0.3 is 0 Å². The van der Waals surface area contributed by atoms with Crippen LogP contribution in [0.5, 0.6) is 11.5 Å². The second-order valence-corrected chi connectivity index (χ2v) is 4.22. The molecule has 20 heavy (non-hydrogen) atoms. The first-order valence-corrected chi connectivity index (χ1v) is 6.08. The normalized spacial score (nSPS) is 11.5. The molecule has 102 valence electrons. The molecule has 1 unspecified atom stereocenters. The number of rotatable bonds is 5. The molecule has 2 aromatic rings. The smallest absolute Gasteiger partial charge is 0.240 e. The number of hydroxylamine groups is 1. The number of hydrogen-bond donors (Lipinski definition) is 2. The number of carbonyl (C=O) groups excluding carboxylic acids is 1. The molecule has 5 heteroatoms. The standard InChI is InChI=1S/C15H14N2O3/c1-11(17-19)12-2-6-14(7-3-12)20-15-8-4-13(5-9-15)16-10-18/h2-9,11,17,19H,1H3. The van der Waals surface area contributed by atoms with E-state index in [9.17, 15) is 4.79 Å². The molecular formula is C15H14N2O3. The van der Waals surface area contributed by atoms with Crippen molar-refractivity contribution in [3.05, 3.63) is 54.1 Å². The summed E-state index contributed by atoms with van der Waals surface area (Å²) in [5, 5.41) is 8.84. The molecule has 0 spiro atoms. The molecule has 0 fully saturated rings. The van der Waals surface area contributed by atoms with Crippen LogP contribution in [0.15, 0.2) is 53.5 Å². The van der Waals surface area contributed by atoms with Crippen LogP contribution in [0, 0.1) is 0 Å². The number of benzene rings is 2. The summed E-state index contributed by atoms with van der Waals surface area (Å²) < 4.78 is 5.66. The Balaban J connectivity index is 2.07. The van der Waals surface area contributed by atoms with Crippen molar-refractivity contribution < 1.29 is 14.7 Å². The second kappa shape index (κ2) is 6.63. The zero-order valence-electron chi connectivity index (χ0n) is 10.9. The van der Waals surface area contributed by atoms with Crippen molar-refractivity contribution in [1.82, 2.24) is 5.48 Å². The molecule has 0 amide bonds. The summed E-state index contributed by atoms with van der Waals surface area (Å²) >= 11 is 0. The SMILES string of the molecule is CC(NO)c1ccc(Oc2ccc(N=C=O)cc2)cc1. The number of ether oxygens (including phenoxy) is 1. The van der Waals surface area contributed by atoms with Gasteiger partial charge in [0.05, 0.1) is 11.7 Å². The average Bonchev–Trinajstić information content (AvgIpc) is 2.49. The molecule has 2 rings (SSSR count). The van der Waals surface area contributed by atoms with Gasteiger partial charge in [-0.1, -0.05) is 12.1 Å². The third-order valence-corrected chi connectivity index (χ3v) is 2.82. The van der Waals surface area contributed by atoms with E-state index in [1.807, 2.05) is 31.2 Å². The highest BCUT2D eigenvalue weighted by Crippen LogP contribution is 2.25. The number of nitrogens with one attached hydrogen (secondary N) is 1. The van der Waals surface area contributed by atoms with Gasteiger partial charge in [0.25, 0.3) is 0 Å². The Bertz CT molecular complexity index is 602. The summed E-state index contributed by atoms with van der Waals surface area (Å²) in [6.07, 6.45) is 1.48. The molecule has 0 saturated carbocycles. The quantitative estimate of drug-likeness (QED) is 0.495. The van der Waals surface area contributed by atoms with E-state index in [0.29, 0.717) is 17.2 Å². The van der Waals surface area contributed by atoms with Gasteiger partial charge in [-0.15, -0.1) is 0 Å². The minimum Gasteiger partial charge on any atom is -0.457 e. The summed E-state index contributed by atoms with van der Waals surface area (Å²) in [4.78, 5) is 13.6. The van der Waals surface area contributed by atoms with Crippen LogP contribution in [-0.4, -0.2) is 11.3 Å². The number of hydrogen-bond acceptors (Lipinski definition) is 5. The van der Waals surface area contributed by atoms with E-state index in [1.54, 1.807) is 24.3 Å². The molecule has 0 aliphatic carbocycles. The largest absolute Gasteiger partial charge is 0.457 e. The van der Waals surface area contributed by atoms with E-state index in [0.717, 1.165) is 5.56 Å². The molecule has 0 saturated heterocycles. The Morgan fingerprint density at radius 2 is 1.65 bits per heavy atom. The van der Waals surface area contributed by atoms with Crippen LogP contribution in [0.3, 0.4) is 0 Å². The van der Waals surface area contributed by atoms with Crippen LogP contribution >= 0.6 is 0 Å². The molecule has 2 aromatic carbocycles. The topological polar surface area (TPSA) is 70.9 Å². The molecule has 0 aliphatic heterocycles. The summed E-state index contributed by atoms with van der Waals surface area (Å²) in [5.41, 5.74) is 3.67. The molecule has 1 atom stereocenters. The molecule has 0 aliphatic rings. The van der Waals surface area contributed by atoms with E-state index >= 15 is 0 Å². The van der Waals surface area contributed by atoms with Gasteiger partial charge < -0.3 is 9.94 Å². The third kappa shape index (κ3) is 3.52. The van der Waals surface area contributed by atoms with Gasteiger partial charge in [-0.05, 0) is 48.9 Å². The summed E-state index contributed by atoms with van der Waals surface area (Å²) in [6, 6.07) is 14.0. The van der Waals surface area contributed by atoms with Crippen LogP contribution in [0.4, 0.5) is 5.69 Å². The lowest BCUT2D eigenvalue weighted by atomic mass is 10.1. The van der Waals surface area contributed by atoms with Crippen molar-refractivity contribution in [3.63, 3.8) is 0 Å². The van der Waals surface area contributed by atoms with Gasteiger partial charge in [0.2, 0.25) is 6.08 Å². The van der Waals surface area contributed by atoms with E-state index in [1.165, 1.54) is 6.08 Å². The van der Waals surface area contributed by atoms with E-state index < -0.39 is 0 Å². The van der Waals surface area contributed by atoms with Crippen LogP contribution < -0.4 is 10.2 Å². The maximum absolute atomic E-state index is 10.1. The number of nitrogens with zero attached hydrogens (tertiary/aromatic N) is 1. The first-order chi connectivity index (χ1) is 9.72. The molecular weight excluding hydrogens is 256 g/mol. The first kappa shape index (κ1) is 14.0. The van der Waals surface area contributed by atoms with Crippen molar-refractivity contribution in [2.24, 2.45) is 4.99 Å². The Morgan fingerprint density at radius 3 is 2.15 bits per heavy atom. The lowest BCUT2D eigenvalue weighted by molar-refractivity contribution is 0.133. The van der Waals surface area contributed by atoms with Gasteiger partial charge in [0, 0.05) is 0 Å². The highest BCUT2D eigenvalue weighted by molar-refractivity contribution is 5.50. The lowest BCUT2D eigenvalue weighted by Gasteiger charge is -2.10. The van der Waals surface area contributed by atoms with Crippen molar-refractivity contribution >= 4 is 11.8 Å². The maximum Gasteiger partial charge on any atom is 0.240 e. The van der Waals surface area contributed by atoms with Crippen LogP contribution in [0.2, 0.25) is 0 Å². The summed E-state index contributed by atoms with van der Waals surface area (Å²) in [6.45, 7) is 1.85. The van der Waals surface area contributed by atoms with Crippen LogP contribution in [0.1, 0.15) is 18.5 Å². The Kier molecular flexibility index (Phi) is 4.63. The fourth-order valence-corrected chi connectivity index (χ4v) is 1.68. The Hall–Kier alpha value is -2.46. The van der Waals surface area contributed by atoms with Gasteiger partial charge in [-0.3, -0.25) is 0 Å². The summed E-state index contributed by atoms with van der Waals surface area (Å²) in [7, 11) is 0. The van der Waals surface area contributed by atoms with Crippen molar-refractivity contribution in [1.29, 1.82) is 0 Å². The van der Waals surface area contributed by atoms with Crippen molar-refractivity contribution in [3.8, 4) is 11.5 Å². The Morgan fingerprint density at radius 1 is 1.10 bits per heavy atom. The molecule has 0 heterocycles. The van der Waals surface area contributed by atoms with Crippen LogP contribution in [-0.2, 0) is 4.79 Å². The van der Waals surface area contributed by atoms with Crippen molar-refractivity contribution in [2.75, 3.05) is 0 Å². The van der Waals surface area contributed by atoms with Gasteiger partial charge in [0.1, 0.15) is 11.5 Å². The maximum atomic E-state index is 10.1. The summed E-state index contributed by atoms with van der Waals surface area (Å²) in [5.74, 6) is 1.33. The van der Waals surface area contributed by atoms with Gasteiger partial charge in [0.15, 0.2) is 0 Å². The number of aliphatic imine (C=N–C) groups is 1. The average molecular weight is 270 g/mol. The molecule has 0 radical (unpaired) electrons. The van der Waals surface area contributed by atoms with Crippen molar-refractivity contribution in [2.45, 2.75) is 13.0 Å². The minimum atomic E-state index is -0.135. The molecule has 0 bridgehead atoms. The molecule has 0 aromatic heterocycles. The third-order valence-electron chi connectivity index (χ3n) is 2.82. The molecule has 5 nitrogen and oxygen atoms in total. The monoisotopic (exact) mass is 270 g/mol. The second-order valence-electron chi connectivity index (χ2n) is 4.22. The van der Waals surface area contributed by atoms with Gasteiger partial charge in [-0.25, -0.2) is 4.79 Å². The predicted octanol–water partition coefficient (Wildman–Crippen LogP) is 3.49. The highest BCUT2D eigenvalue weighted by atomic mass is 16.5. The zero-order chi connectivity index (χ0) is 14.4. The van der Waals surface area contributed by atoms with Crippen LogP contribution in [0.25, 0.3) is 0 Å². The fourth-order valence-electron chi connectivity index (χ4n) is 1.68. The molecule has 2 N–H and O–H groups in total. The Labute approximate surface area is 116 Å². The van der Waals surface area contributed by atoms with Gasteiger partial charge in [-0.2, -0.15) is 10.5 Å². The van der Waals surface area contributed by atoms with E-state index in [4.69, 9.17) is 9.94 Å². The predicted molar refractivity (Wildman–Crippen MR) is 74.1 cm³/mol. The lowest BCUT2D eigenvalue weighted by Crippen LogP contribution is -2.12. The zero-order valence-corrected chi connectivity index (χ0v) is 10.9. The first-order valence-electron chi connectivity index (χ1n) is 6.08. The fraction of sp³-hybridized carbons (Fsp3) is 0.133.